The van der Waals surface area contributed by atoms with Crippen LogP contribution in [0.25, 0.3) is 12.2 Å². The zero-order chi connectivity index (χ0) is 23.0. The number of carbonyl (C=O) groups excluding carboxylic acids is 2. The molecule has 1 amide bonds. The maximum Gasteiger partial charge on any atom is 0.333 e. The molecule has 0 aliphatic heterocycles. The van der Waals surface area contributed by atoms with Crippen LogP contribution in [0.4, 0.5) is 0 Å². The minimum absolute atomic E-state index is 0.155. The number of benzene rings is 1. The highest BCUT2D eigenvalue weighted by Crippen LogP contribution is 2.22. The summed E-state index contributed by atoms with van der Waals surface area (Å²) in [5, 5.41) is 0. The van der Waals surface area contributed by atoms with Crippen LogP contribution in [-0.4, -0.2) is 55.3 Å². The second-order valence-corrected chi connectivity index (χ2v) is 7.51. The monoisotopic (exact) mass is 448 g/mol. The number of esters is 1. The van der Waals surface area contributed by atoms with Crippen molar-refractivity contribution in [3.05, 3.63) is 43.3 Å². The van der Waals surface area contributed by atoms with E-state index in [1.165, 1.54) is 10.6 Å². The van der Waals surface area contributed by atoms with Crippen molar-refractivity contribution in [3.63, 3.8) is 0 Å². The van der Waals surface area contributed by atoms with Gasteiger partial charge in [0.25, 0.3) is 5.56 Å². The molecule has 0 fully saturated rings. The summed E-state index contributed by atoms with van der Waals surface area (Å²) in [6.45, 7) is 6.58. The highest BCUT2D eigenvalue weighted by Gasteiger charge is 2.15. The summed E-state index contributed by atoms with van der Waals surface area (Å²) >= 11 is 1.12. The molecule has 2 aromatic rings. The summed E-state index contributed by atoms with van der Waals surface area (Å²) in [6.07, 6.45) is 2.92. The normalized spacial score (nSPS) is 12.0. The smallest absolute Gasteiger partial charge is 0.333 e. The molecule has 31 heavy (non-hydrogen) atoms. The van der Waals surface area contributed by atoms with Gasteiger partial charge in [-0.2, -0.15) is 0 Å². The Morgan fingerprint density at radius 3 is 2.19 bits per heavy atom. The van der Waals surface area contributed by atoms with Crippen molar-refractivity contribution in [2.75, 3.05) is 33.9 Å². The van der Waals surface area contributed by atoms with E-state index < -0.39 is 5.97 Å². The number of likely N-dealkylation sites (N-methyl/N-ethyl adjacent to an activating group) is 1. The van der Waals surface area contributed by atoms with Gasteiger partial charge in [-0.3, -0.25) is 14.2 Å². The summed E-state index contributed by atoms with van der Waals surface area (Å²) in [6, 6.07) is 5.26. The van der Waals surface area contributed by atoms with Crippen LogP contribution in [-0.2, 0) is 20.9 Å². The largest absolute Gasteiger partial charge is 0.497 e. The van der Waals surface area contributed by atoms with Crippen LogP contribution in [0.3, 0.4) is 0 Å². The van der Waals surface area contributed by atoms with Gasteiger partial charge in [0.2, 0.25) is 5.91 Å². The Morgan fingerprint density at radius 2 is 1.68 bits per heavy atom. The van der Waals surface area contributed by atoms with Crippen LogP contribution in [0.5, 0.6) is 11.5 Å². The topological polar surface area (TPSA) is 87.1 Å². The predicted octanol–water partition coefficient (Wildman–Crippen LogP) is 0.968. The van der Waals surface area contributed by atoms with Gasteiger partial charge in [-0.25, -0.2) is 4.79 Å². The first-order chi connectivity index (χ1) is 14.9. The molecule has 1 aromatic heterocycles. The van der Waals surface area contributed by atoms with Crippen molar-refractivity contribution >= 4 is 35.4 Å². The van der Waals surface area contributed by atoms with E-state index >= 15 is 0 Å². The van der Waals surface area contributed by atoms with Crippen LogP contribution in [0.2, 0.25) is 0 Å². The molecule has 0 saturated heterocycles. The third kappa shape index (κ3) is 6.21. The fraction of sp³-hybridized carbons (Fsp3) is 0.409. The Labute approximate surface area is 185 Å². The van der Waals surface area contributed by atoms with Crippen LogP contribution in [0, 0.1) is 0 Å². The second-order valence-electron chi connectivity index (χ2n) is 6.45. The zero-order valence-electron chi connectivity index (χ0n) is 18.5. The number of nitrogens with zero attached hydrogens (tertiary/aromatic N) is 2. The number of hydrogen-bond acceptors (Lipinski definition) is 7. The first kappa shape index (κ1) is 24.2. The van der Waals surface area contributed by atoms with E-state index in [0.29, 0.717) is 39.3 Å². The van der Waals surface area contributed by atoms with Crippen LogP contribution in [0.1, 0.15) is 26.3 Å². The quantitative estimate of drug-likeness (QED) is 0.532. The molecule has 0 bridgehead atoms. The SMILES string of the molecule is CCOC(=O)C=c1sc(=Cc2cc(OC)cc(OC)c2)c(=O)n1CC(=O)N(CC)CC. The summed E-state index contributed by atoms with van der Waals surface area (Å²) in [4.78, 5) is 39.4. The minimum Gasteiger partial charge on any atom is -0.497 e. The van der Waals surface area contributed by atoms with E-state index in [1.807, 2.05) is 13.8 Å². The van der Waals surface area contributed by atoms with Gasteiger partial charge in [-0.1, -0.05) is 0 Å². The standard InChI is InChI=1S/C22H28N2O6S/c1-6-23(7-2)19(25)14-24-20(13-21(26)30-8-3)31-18(22(24)27)11-15-9-16(28-4)12-17(10-15)29-5/h9-13H,6-8,14H2,1-5H3. The Morgan fingerprint density at radius 1 is 1.06 bits per heavy atom. The summed E-state index contributed by atoms with van der Waals surface area (Å²) in [7, 11) is 3.09. The molecule has 0 saturated carbocycles. The molecular weight excluding hydrogens is 420 g/mol. The number of aromatic nitrogens is 1. The lowest BCUT2D eigenvalue weighted by molar-refractivity contribution is -0.135. The van der Waals surface area contributed by atoms with E-state index in [0.717, 1.165) is 11.3 Å². The molecule has 1 heterocycles. The Hall–Kier alpha value is -3.07. The highest BCUT2D eigenvalue weighted by atomic mass is 32.1. The number of carbonyl (C=O) groups is 2. The molecule has 2 rings (SSSR count). The fourth-order valence-electron chi connectivity index (χ4n) is 2.95. The molecule has 8 nitrogen and oxygen atoms in total. The van der Waals surface area contributed by atoms with Gasteiger partial charge in [0.15, 0.2) is 0 Å². The average molecular weight is 449 g/mol. The first-order valence-electron chi connectivity index (χ1n) is 9.97. The molecule has 1 aromatic carbocycles. The third-order valence-corrected chi connectivity index (χ3v) is 5.61. The van der Waals surface area contributed by atoms with E-state index in [2.05, 4.69) is 0 Å². The molecule has 0 aliphatic rings. The van der Waals surface area contributed by atoms with Crippen molar-refractivity contribution in [2.45, 2.75) is 27.3 Å². The zero-order valence-corrected chi connectivity index (χ0v) is 19.3. The summed E-state index contributed by atoms with van der Waals surface area (Å²) in [5.74, 6) is 0.399. The number of thiazole rings is 1. The van der Waals surface area contributed by atoms with Gasteiger partial charge in [0, 0.05) is 19.2 Å². The number of hydrogen-bond donors (Lipinski definition) is 0. The molecule has 0 N–H and O–H groups in total. The maximum atomic E-state index is 13.1. The van der Waals surface area contributed by atoms with Gasteiger partial charge in [-0.05, 0) is 44.5 Å². The molecular formula is C22H28N2O6S. The number of ether oxygens (including phenoxy) is 3. The molecule has 168 valence electrons. The molecule has 0 atom stereocenters. The van der Waals surface area contributed by atoms with E-state index in [4.69, 9.17) is 14.2 Å². The summed E-state index contributed by atoms with van der Waals surface area (Å²) in [5.41, 5.74) is 0.335. The van der Waals surface area contributed by atoms with Gasteiger partial charge in [0.05, 0.1) is 31.4 Å². The lowest BCUT2D eigenvalue weighted by atomic mass is 10.2. The maximum absolute atomic E-state index is 13.1. The highest BCUT2D eigenvalue weighted by molar-refractivity contribution is 7.07. The van der Waals surface area contributed by atoms with Crippen LogP contribution in [0.15, 0.2) is 23.0 Å². The van der Waals surface area contributed by atoms with Crippen molar-refractivity contribution in [1.82, 2.24) is 9.47 Å². The minimum atomic E-state index is -0.567. The molecule has 0 radical (unpaired) electrons. The molecule has 0 aliphatic carbocycles. The fourth-order valence-corrected chi connectivity index (χ4v) is 3.98. The number of amides is 1. The number of methoxy groups -OCH3 is 2. The van der Waals surface area contributed by atoms with Crippen LogP contribution >= 0.6 is 11.3 Å². The predicted molar refractivity (Wildman–Crippen MR) is 120 cm³/mol. The third-order valence-electron chi connectivity index (χ3n) is 4.55. The molecule has 9 heteroatoms. The van der Waals surface area contributed by atoms with E-state index in [1.54, 1.807) is 50.3 Å². The molecule has 0 unspecified atom stereocenters. The Bertz CT molecular complexity index is 1080. The van der Waals surface area contributed by atoms with Crippen molar-refractivity contribution in [2.24, 2.45) is 0 Å². The van der Waals surface area contributed by atoms with Crippen LogP contribution < -0.4 is 24.2 Å². The molecule has 0 spiro atoms. The second kappa shape index (κ2) is 11.4. The van der Waals surface area contributed by atoms with Crippen molar-refractivity contribution < 1.29 is 23.8 Å². The van der Waals surface area contributed by atoms with Crippen molar-refractivity contribution in [1.29, 1.82) is 0 Å². The van der Waals surface area contributed by atoms with Gasteiger partial charge >= 0.3 is 5.97 Å². The van der Waals surface area contributed by atoms with E-state index in [9.17, 15) is 14.4 Å². The first-order valence-corrected chi connectivity index (χ1v) is 10.8. The van der Waals surface area contributed by atoms with Crippen molar-refractivity contribution in [3.8, 4) is 11.5 Å². The van der Waals surface area contributed by atoms with Gasteiger partial charge < -0.3 is 19.1 Å². The lowest BCUT2D eigenvalue weighted by Crippen LogP contribution is -2.40. The van der Waals surface area contributed by atoms with Gasteiger partial charge in [0.1, 0.15) is 22.7 Å². The Balaban J connectivity index is 2.64. The average Bonchev–Trinajstić information content (AvgIpc) is 3.03. The van der Waals surface area contributed by atoms with E-state index in [-0.39, 0.29) is 24.6 Å². The lowest BCUT2D eigenvalue weighted by Gasteiger charge is -2.18. The summed E-state index contributed by atoms with van der Waals surface area (Å²) < 4.78 is 17.6. The number of rotatable bonds is 9. The van der Waals surface area contributed by atoms with Gasteiger partial charge in [-0.15, -0.1) is 11.3 Å². The Kier molecular flexibility index (Phi) is 8.87.